The van der Waals surface area contributed by atoms with Crippen LogP contribution in [0, 0.1) is 17.3 Å². The Kier molecular flexibility index (Phi) is 5.23. The van der Waals surface area contributed by atoms with Crippen molar-refractivity contribution in [3.05, 3.63) is 0 Å². The Balaban J connectivity index is 2.02. The zero-order valence-electron chi connectivity index (χ0n) is 11.9. The van der Waals surface area contributed by atoms with Gasteiger partial charge in [-0.05, 0) is 81.7 Å². The third kappa shape index (κ3) is 3.30. The molecule has 0 radical (unpaired) electrons. The maximum atomic E-state index is 10.4. The van der Waals surface area contributed by atoms with Gasteiger partial charge in [0.05, 0.1) is 12.2 Å². The largest absolute Gasteiger partial charge is 0.393 e. The van der Waals surface area contributed by atoms with Gasteiger partial charge in [0, 0.05) is 0 Å². The summed E-state index contributed by atoms with van der Waals surface area (Å²) >= 11 is 0. The fourth-order valence-corrected chi connectivity index (χ4v) is 4.58. The third-order valence-electron chi connectivity index (χ3n) is 5.49. The minimum absolute atomic E-state index is 0.0883. The lowest BCUT2D eigenvalue weighted by Gasteiger charge is -2.37. The molecule has 19 heavy (non-hydrogen) atoms. The van der Waals surface area contributed by atoms with Gasteiger partial charge in [-0.3, -0.25) is 0 Å². The van der Waals surface area contributed by atoms with E-state index in [1.807, 2.05) is 0 Å². The van der Waals surface area contributed by atoms with Crippen molar-refractivity contribution in [1.29, 1.82) is 0 Å². The third-order valence-corrected chi connectivity index (χ3v) is 5.49. The van der Waals surface area contributed by atoms with E-state index in [1.54, 1.807) is 0 Å². The molecule has 0 amide bonds. The zero-order chi connectivity index (χ0) is 13.9. The number of nitrogens with two attached hydrogens (primary N) is 2. The summed E-state index contributed by atoms with van der Waals surface area (Å²) in [5.74, 6) is 0.937. The highest BCUT2D eigenvalue weighted by Gasteiger charge is 2.49. The molecule has 2 aliphatic carbocycles. The Bertz CT molecular complexity index is 283. The first-order chi connectivity index (χ1) is 9.11. The zero-order valence-corrected chi connectivity index (χ0v) is 11.9. The van der Waals surface area contributed by atoms with Crippen LogP contribution in [0.3, 0.4) is 0 Å². The molecular formula is C15H30N2O2. The van der Waals surface area contributed by atoms with Crippen LogP contribution in [0.15, 0.2) is 0 Å². The molecule has 2 rings (SSSR count). The monoisotopic (exact) mass is 270 g/mol. The van der Waals surface area contributed by atoms with Gasteiger partial charge in [0.15, 0.2) is 0 Å². The molecule has 4 nitrogen and oxygen atoms in total. The van der Waals surface area contributed by atoms with Crippen LogP contribution in [0.4, 0.5) is 0 Å². The fraction of sp³-hybridized carbons (Fsp3) is 1.00. The summed E-state index contributed by atoms with van der Waals surface area (Å²) in [6.07, 6.45) is 7.45. The van der Waals surface area contributed by atoms with Gasteiger partial charge in [0.2, 0.25) is 0 Å². The highest BCUT2D eigenvalue weighted by molar-refractivity contribution is 5.00. The van der Waals surface area contributed by atoms with Crippen LogP contribution >= 0.6 is 0 Å². The van der Waals surface area contributed by atoms with E-state index in [0.717, 1.165) is 57.9 Å². The minimum Gasteiger partial charge on any atom is -0.393 e. The van der Waals surface area contributed by atoms with E-state index in [0.29, 0.717) is 18.4 Å². The molecule has 0 aromatic rings. The number of hydrogen-bond donors (Lipinski definition) is 4. The summed E-state index contributed by atoms with van der Waals surface area (Å²) in [5, 5.41) is 20.3. The lowest BCUT2D eigenvalue weighted by Crippen LogP contribution is -2.35. The number of aliphatic hydroxyl groups excluding tert-OH is 2. The number of rotatable bonds is 6. The Hall–Kier alpha value is -0.160. The highest BCUT2D eigenvalue weighted by atomic mass is 16.3. The molecule has 0 aromatic carbocycles. The van der Waals surface area contributed by atoms with Gasteiger partial charge in [-0.25, -0.2) is 0 Å². The van der Waals surface area contributed by atoms with Crippen molar-refractivity contribution in [1.82, 2.24) is 0 Å². The van der Waals surface area contributed by atoms with Gasteiger partial charge < -0.3 is 21.7 Å². The summed E-state index contributed by atoms with van der Waals surface area (Å²) in [7, 11) is 0. The van der Waals surface area contributed by atoms with Crippen LogP contribution in [0.2, 0.25) is 0 Å². The first-order valence-corrected chi connectivity index (χ1v) is 7.87. The lowest BCUT2D eigenvalue weighted by atomic mass is 9.69. The SMILES string of the molecule is NCCCC1CC(O)C(C2(CCN)CCC(O)C2)C1. The second kappa shape index (κ2) is 6.53. The summed E-state index contributed by atoms with van der Waals surface area (Å²) in [6.45, 7) is 1.40. The first-order valence-electron chi connectivity index (χ1n) is 7.87. The number of hydrogen-bond acceptors (Lipinski definition) is 4. The van der Waals surface area contributed by atoms with Crippen LogP contribution in [0.1, 0.15) is 51.4 Å². The molecule has 2 fully saturated rings. The summed E-state index contributed by atoms with van der Waals surface area (Å²) in [5.41, 5.74) is 11.5. The Morgan fingerprint density at radius 3 is 2.47 bits per heavy atom. The Morgan fingerprint density at radius 1 is 1.11 bits per heavy atom. The van der Waals surface area contributed by atoms with E-state index in [2.05, 4.69) is 0 Å². The van der Waals surface area contributed by atoms with E-state index >= 15 is 0 Å². The molecular weight excluding hydrogens is 240 g/mol. The molecule has 2 saturated carbocycles. The van der Waals surface area contributed by atoms with Crippen LogP contribution in [0.25, 0.3) is 0 Å². The van der Waals surface area contributed by atoms with Crippen molar-refractivity contribution < 1.29 is 10.2 Å². The lowest BCUT2D eigenvalue weighted by molar-refractivity contribution is 0.0274. The van der Waals surface area contributed by atoms with Crippen molar-refractivity contribution in [2.45, 2.75) is 63.6 Å². The predicted molar refractivity (Wildman–Crippen MR) is 76.5 cm³/mol. The van der Waals surface area contributed by atoms with Gasteiger partial charge in [0.1, 0.15) is 0 Å². The molecule has 112 valence electrons. The van der Waals surface area contributed by atoms with Gasteiger partial charge in [0.25, 0.3) is 0 Å². The molecule has 2 aliphatic rings. The molecule has 0 spiro atoms. The standard InChI is InChI=1S/C15H30N2O2/c16-6-1-2-11-8-13(14(19)9-11)15(5-7-17)4-3-12(18)10-15/h11-14,18-19H,1-10,16-17H2. The maximum Gasteiger partial charge on any atom is 0.0576 e. The van der Waals surface area contributed by atoms with Crippen LogP contribution < -0.4 is 11.5 Å². The van der Waals surface area contributed by atoms with Crippen LogP contribution in [-0.4, -0.2) is 35.5 Å². The molecule has 6 N–H and O–H groups in total. The van der Waals surface area contributed by atoms with Gasteiger partial charge in [-0.1, -0.05) is 0 Å². The molecule has 4 heteroatoms. The second-order valence-corrected chi connectivity index (χ2v) is 6.74. The van der Waals surface area contributed by atoms with E-state index < -0.39 is 0 Å². The molecule has 0 heterocycles. The summed E-state index contributed by atoms with van der Waals surface area (Å²) in [6, 6.07) is 0. The highest BCUT2D eigenvalue weighted by Crippen LogP contribution is 2.54. The minimum atomic E-state index is -0.209. The predicted octanol–water partition coefficient (Wildman–Crippen LogP) is 0.992. The summed E-state index contributed by atoms with van der Waals surface area (Å²) < 4.78 is 0. The average molecular weight is 270 g/mol. The smallest absolute Gasteiger partial charge is 0.0576 e. The molecule has 0 aliphatic heterocycles. The Morgan fingerprint density at radius 2 is 1.89 bits per heavy atom. The summed E-state index contributed by atoms with van der Waals surface area (Å²) in [4.78, 5) is 0. The molecule has 5 atom stereocenters. The van der Waals surface area contributed by atoms with E-state index in [4.69, 9.17) is 11.5 Å². The van der Waals surface area contributed by atoms with Crippen molar-refractivity contribution in [2.75, 3.05) is 13.1 Å². The van der Waals surface area contributed by atoms with E-state index in [9.17, 15) is 10.2 Å². The van der Waals surface area contributed by atoms with Gasteiger partial charge in [-0.15, -0.1) is 0 Å². The van der Waals surface area contributed by atoms with Crippen LogP contribution in [-0.2, 0) is 0 Å². The molecule has 5 unspecified atom stereocenters. The van der Waals surface area contributed by atoms with Crippen molar-refractivity contribution in [3.63, 3.8) is 0 Å². The quantitative estimate of drug-likeness (QED) is 0.579. The van der Waals surface area contributed by atoms with Crippen molar-refractivity contribution >= 4 is 0 Å². The molecule has 0 aromatic heterocycles. The molecule has 0 bridgehead atoms. The van der Waals surface area contributed by atoms with E-state index in [1.165, 1.54) is 0 Å². The Labute approximate surface area is 116 Å². The fourth-order valence-electron chi connectivity index (χ4n) is 4.58. The topological polar surface area (TPSA) is 92.5 Å². The first kappa shape index (κ1) is 15.2. The maximum absolute atomic E-state index is 10.4. The second-order valence-electron chi connectivity index (χ2n) is 6.74. The number of aliphatic hydroxyl groups is 2. The van der Waals surface area contributed by atoms with Crippen molar-refractivity contribution in [2.24, 2.45) is 28.7 Å². The van der Waals surface area contributed by atoms with Crippen LogP contribution in [0.5, 0.6) is 0 Å². The molecule has 0 saturated heterocycles. The average Bonchev–Trinajstić information content (AvgIpc) is 2.92. The normalized spacial score (nSPS) is 42.9. The van der Waals surface area contributed by atoms with Crippen molar-refractivity contribution in [3.8, 4) is 0 Å². The van der Waals surface area contributed by atoms with E-state index in [-0.39, 0.29) is 17.6 Å². The van der Waals surface area contributed by atoms with Gasteiger partial charge >= 0.3 is 0 Å². The van der Waals surface area contributed by atoms with Gasteiger partial charge in [-0.2, -0.15) is 0 Å².